The molecule has 2 aliphatic heterocycles. The highest BCUT2D eigenvalue weighted by atomic mass is 32.1. The van der Waals surface area contributed by atoms with Crippen LogP contribution >= 0.6 is 12.6 Å². The molecule has 12 heteroatoms. The number of aliphatic hydroxyl groups is 1. The van der Waals surface area contributed by atoms with Crippen molar-refractivity contribution in [2.24, 2.45) is 5.92 Å². The second-order valence-corrected chi connectivity index (χ2v) is 13.6. The molecule has 0 radical (unpaired) electrons. The number of ether oxygens (including phenoxy) is 2. The van der Waals surface area contributed by atoms with Crippen molar-refractivity contribution in [2.45, 2.75) is 77.4 Å². The highest BCUT2D eigenvalue weighted by Gasteiger charge is 2.37. The van der Waals surface area contributed by atoms with E-state index in [4.69, 9.17) is 9.47 Å². The van der Waals surface area contributed by atoms with Gasteiger partial charge in [-0.1, -0.05) is 62.9 Å². The largest absolute Gasteiger partial charge is 0.454 e. The van der Waals surface area contributed by atoms with Crippen LogP contribution in [0.5, 0.6) is 11.5 Å². The second kappa shape index (κ2) is 15.3. The first-order valence-corrected chi connectivity index (χ1v) is 15.9. The van der Waals surface area contributed by atoms with E-state index >= 15 is 0 Å². The van der Waals surface area contributed by atoms with Crippen LogP contribution in [0.1, 0.15) is 45.7 Å². The standard InChI is InChI=1S/C33H47N5O6S/c1-21(2)29(35-32(42)45)31(41)34-24(15-22-9-7-6-8-10-22)26(39)19-38-14-13-37(18-25(38)30(40)36-33(3,4)5)17-23-11-12-27-28(16-23)44-20-43-27/h6-12,16,21,24-26,29,39H,13-15,17-20H2,1-5H3,(H,34,41)(H,36,40)(H2,35,42,45)/t24-,25-,26+,29-/m0/s1. The number of hydrogen-bond donors (Lipinski definition) is 5. The van der Waals surface area contributed by atoms with E-state index < -0.39 is 40.9 Å². The summed E-state index contributed by atoms with van der Waals surface area (Å²) in [7, 11) is 0. The van der Waals surface area contributed by atoms with Gasteiger partial charge in [0.15, 0.2) is 11.5 Å². The summed E-state index contributed by atoms with van der Waals surface area (Å²) in [4.78, 5) is 42.9. The van der Waals surface area contributed by atoms with Crippen LogP contribution in [0.4, 0.5) is 4.79 Å². The van der Waals surface area contributed by atoms with E-state index in [9.17, 15) is 19.5 Å². The molecule has 45 heavy (non-hydrogen) atoms. The minimum absolute atomic E-state index is 0.120. The van der Waals surface area contributed by atoms with Gasteiger partial charge in [0.1, 0.15) is 12.1 Å². The number of thiol groups is 1. The summed E-state index contributed by atoms with van der Waals surface area (Å²) in [6.45, 7) is 12.2. The third-order valence-corrected chi connectivity index (χ3v) is 8.09. The van der Waals surface area contributed by atoms with Crippen LogP contribution in [-0.2, 0) is 22.6 Å². The molecule has 1 fully saturated rings. The van der Waals surface area contributed by atoms with Crippen LogP contribution in [0, 0.1) is 5.92 Å². The Hall–Kier alpha value is -3.32. The minimum Gasteiger partial charge on any atom is -0.454 e. The van der Waals surface area contributed by atoms with Crippen LogP contribution in [-0.4, -0.2) is 94.7 Å². The van der Waals surface area contributed by atoms with Gasteiger partial charge in [0.2, 0.25) is 18.6 Å². The van der Waals surface area contributed by atoms with E-state index in [1.165, 1.54) is 0 Å². The van der Waals surface area contributed by atoms with Crippen molar-refractivity contribution in [3.63, 3.8) is 0 Å². The number of amides is 3. The molecule has 0 bridgehead atoms. The van der Waals surface area contributed by atoms with Gasteiger partial charge in [0.05, 0.1) is 12.1 Å². The average Bonchev–Trinajstić information content (AvgIpc) is 3.43. The molecule has 4 rings (SSSR count). The first kappa shape index (κ1) is 34.6. The molecule has 2 heterocycles. The molecule has 0 saturated carbocycles. The van der Waals surface area contributed by atoms with Gasteiger partial charge < -0.3 is 30.5 Å². The fourth-order valence-corrected chi connectivity index (χ4v) is 5.84. The van der Waals surface area contributed by atoms with Crippen LogP contribution in [0.2, 0.25) is 0 Å². The number of aliphatic hydroxyl groups excluding tert-OH is 1. The predicted molar refractivity (Wildman–Crippen MR) is 175 cm³/mol. The van der Waals surface area contributed by atoms with Crippen LogP contribution in [0.3, 0.4) is 0 Å². The normalized spacial score (nSPS) is 19.1. The van der Waals surface area contributed by atoms with E-state index in [0.717, 1.165) is 22.6 Å². The zero-order valence-corrected chi connectivity index (χ0v) is 27.7. The maximum atomic E-state index is 13.6. The lowest BCUT2D eigenvalue weighted by Gasteiger charge is -2.43. The van der Waals surface area contributed by atoms with Crippen molar-refractivity contribution in [3.05, 3.63) is 59.7 Å². The molecule has 2 aromatic carbocycles. The van der Waals surface area contributed by atoms with E-state index in [0.29, 0.717) is 32.6 Å². The number of fused-ring (bicyclic) bond motifs is 1. The van der Waals surface area contributed by atoms with Crippen LogP contribution < -0.4 is 25.4 Å². The van der Waals surface area contributed by atoms with Crippen molar-refractivity contribution in [2.75, 3.05) is 33.0 Å². The summed E-state index contributed by atoms with van der Waals surface area (Å²) >= 11 is 3.80. The molecule has 0 aromatic heterocycles. The number of piperazine rings is 1. The molecule has 4 N–H and O–H groups in total. The van der Waals surface area contributed by atoms with Gasteiger partial charge in [-0.3, -0.25) is 24.2 Å². The molecule has 0 unspecified atom stereocenters. The number of benzene rings is 2. The minimum atomic E-state index is -1.00. The SMILES string of the molecule is CC(C)[C@H](NC(=O)S)C(=O)N[C@@H](Cc1ccccc1)[C@H](O)CN1CCN(Cc2ccc3c(c2)OCO3)C[C@H]1C(=O)NC(C)(C)C. The Morgan fingerprint density at radius 2 is 1.71 bits per heavy atom. The molecular weight excluding hydrogens is 594 g/mol. The average molecular weight is 642 g/mol. The Morgan fingerprint density at radius 1 is 1.00 bits per heavy atom. The molecule has 4 atom stereocenters. The Balaban J connectivity index is 1.51. The van der Waals surface area contributed by atoms with Gasteiger partial charge in [0, 0.05) is 38.3 Å². The highest BCUT2D eigenvalue weighted by molar-refractivity contribution is 7.96. The molecule has 0 aliphatic carbocycles. The van der Waals surface area contributed by atoms with Crippen molar-refractivity contribution in [1.82, 2.24) is 25.8 Å². The summed E-state index contributed by atoms with van der Waals surface area (Å²) < 4.78 is 11.0. The molecule has 2 aliphatic rings. The van der Waals surface area contributed by atoms with Crippen molar-refractivity contribution in [1.29, 1.82) is 0 Å². The molecule has 1 saturated heterocycles. The third kappa shape index (κ3) is 10.1. The van der Waals surface area contributed by atoms with Crippen LogP contribution in [0.25, 0.3) is 0 Å². The number of nitrogens with one attached hydrogen (secondary N) is 3. The summed E-state index contributed by atoms with van der Waals surface area (Å²) in [6, 6.07) is 13.5. The molecule has 0 spiro atoms. The van der Waals surface area contributed by atoms with Crippen molar-refractivity contribution >= 4 is 29.7 Å². The van der Waals surface area contributed by atoms with Crippen molar-refractivity contribution < 1.29 is 29.0 Å². The number of carbonyl (C=O) groups excluding carboxylic acids is 3. The number of β-amino-alcohol motifs (C(OH)–C–C–N with tert-alkyl or cyclic N) is 1. The summed E-state index contributed by atoms with van der Waals surface area (Å²) in [5, 5.41) is 19.8. The van der Waals surface area contributed by atoms with Gasteiger partial charge in [-0.15, -0.1) is 0 Å². The zero-order valence-electron chi connectivity index (χ0n) is 26.8. The lowest BCUT2D eigenvalue weighted by atomic mass is 9.97. The molecule has 11 nitrogen and oxygen atoms in total. The summed E-state index contributed by atoms with van der Waals surface area (Å²) in [6.07, 6.45) is -0.630. The third-order valence-electron chi connectivity index (χ3n) is 7.96. The quantitative estimate of drug-likeness (QED) is 0.224. The van der Waals surface area contributed by atoms with Gasteiger partial charge >= 0.3 is 0 Å². The Labute approximate surface area is 271 Å². The van der Waals surface area contributed by atoms with Crippen molar-refractivity contribution in [3.8, 4) is 11.5 Å². The van der Waals surface area contributed by atoms with Gasteiger partial charge in [-0.05, 0) is 56.4 Å². The smallest absolute Gasteiger partial charge is 0.276 e. The zero-order chi connectivity index (χ0) is 32.7. The molecule has 246 valence electrons. The Morgan fingerprint density at radius 3 is 2.38 bits per heavy atom. The topological polar surface area (TPSA) is 132 Å². The predicted octanol–water partition coefficient (Wildman–Crippen LogP) is 2.57. The Kier molecular flexibility index (Phi) is 11.8. The molecular formula is C33H47N5O6S. The van der Waals surface area contributed by atoms with E-state index in [1.54, 1.807) is 0 Å². The fourth-order valence-electron chi connectivity index (χ4n) is 5.70. The van der Waals surface area contributed by atoms with Gasteiger partial charge in [-0.2, -0.15) is 0 Å². The molecule has 2 aromatic rings. The van der Waals surface area contributed by atoms with E-state index in [1.807, 2.05) is 88.0 Å². The summed E-state index contributed by atoms with van der Waals surface area (Å²) in [5.41, 5.74) is 1.56. The maximum Gasteiger partial charge on any atom is 0.276 e. The number of rotatable bonds is 12. The number of carbonyl (C=O) groups is 3. The first-order chi connectivity index (χ1) is 21.3. The van der Waals surface area contributed by atoms with Gasteiger partial charge in [0.25, 0.3) is 5.24 Å². The van der Waals surface area contributed by atoms with Gasteiger partial charge in [-0.25, -0.2) is 0 Å². The van der Waals surface area contributed by atoms with E-state index in [2.05, 4.69) is 33.5 Å². The second-order valence-electron chi connectivity index (χ2n) is 13.2. The monoisotopic (exact) mass is 641 g/mol. The van der Waals surface area contributed by atoms with E-state index in [-0.39, 0.29) is 25.2 Å². The summed E-state index contributed by atoms with van der Waals surface area (Å²) in [5.74, 6) is 0.730. The Bertz CT molecular complexity index is 1320. The maximum absolute atomic E-state index is 13.6. The fraction of sp³-hybridized carbons (Fsp3) is 0.545. The number of hydrogen-bond acceptors (Lipinski definition) is 8. The highest BCUT2D eigenvalue weighted by Crippen LogP contribution is 2.33. The first-order valence-electron chi connectivity index (χ1n) is 15.5. The number of nitrogens with zero attached hydrogens (tertiary/aromatic N) is 2. The molecule has 3 amide bonds. The lowest BCUT2D eigenvalue weighted by molar-refractivity contribution is -0.132. The lowest BCUT2D eigenvalue weighted by Crippen LogP contribution is -2.63. The van der Waals surface area contributed by atoms with Crippen LogP contribution in [0.15, 0.2) is 48.5 Å².